The highest BCUT2D eigenvalue weighted by atomic mass is 32.1. The van der Waals surface area contributed by atoms with E-state index in [2.05, 4.69) is 15.4 Å². The summed E-state index contributed by atoms with van der Waals surface area (Å²) >= 11 is 5.27. The first-order valence-corrected chi connectivity index (χ1v) is 8.28. The summed E-state index contributed by atoms with van der Waals surface area (Å²) in [5.41, 5.74) is 1.36. The molecule has 0 aliphatic carbocycles. The lowest BCUT2D eigenvalue weighted by atomic mass is 10.1. The maximum Gasteiger partial charge on any atom is 0.573 e. The van der Waals surface area contributed by atoms with E-state index in [0.717, 1.165) is 5.56 Å². The Morgan fingerprint density at radius 1 is 1.00 bits per heavy atom. The van der Waals surface area contributed by atoms with Crippen LogP contribution in [0.2, 0.25) is 0 Å². The quantitative estimate of drug-likeness (QED) is 0.689. The molecular formula is C18H19F3N2O3S. The van der Waals surface area contributed by atoms with E-state index >= 15 is 0 Å². The van der Waals surface area contributed by atoms with Crippen molar-refractivity contribution in [1.29, 1.82) is 0 Å². The summed E-state index contributed by atoms with van der Waals surface area (Å²) in [6.45, 7) is 1.89. The van der Waals surface area contributed by atoms with Gasteiger partial charge in [0, 0.05) is 11.3 Å². The van der Waals surface area contributed by atoms with Gasteiger partial charge in [0.25, 0.3) is 0 Å². The highest BCUT2D eigenvalue weighted by Gasteiger charge is 2.30. The van der Waals surface area contributed by atoms with Gasteiger partial charge in [0.05, 0.1) is 20.3 Å². The molecule has 27 heavy (non-hydrogen) atoms. The van der Waals surface area contributed by atoms with Gasteiger partial charge in [-0.2, -0.15) is 0 Å². The molecule has 2 N–H and O–H groups in total. The van der Waals surface area contributed by atoms with Gasteiger partial charge in [-0.05, 0) is 61.6 Å². The summed E-state index contributed by atoms with van der Waals surface area (Å²) in [6.07, 6.45) is -4.73. The van der Waals surface area contributed by atoms with Crippen LogP contribution in [-0.2, 0) is 0 Å². The Labute approximate surface area is 160 Å². The molecular weight excluding hydrogens is 381 g/mol. The normalized spacial score (nSPS) is 12.1. The molecule has 0 fully saturated rings. The number of nitrogens with one attached hydrogen (secondary N) is 2. The van der Waals surface area contributed by atoms with Crippen LogP contribution in [0.1, 0.15) is 18.5 Å². The molecule has 1 atom stereocenters. The fraction of sp³-hybridized carbons (Fsp3) is 0.278. The second-order valence-electron chi connectivity index (χ2n) is 5.50. The summed E-state index contributed by atoms with van der Waals surface area (Å²) in [5, 5.41) is 6.31. The van der Waals surface area contributed by atoms with Crippen molar-refractivity contribution < 1.29 is 27.4 Å². The van der Waals surface area contributed by atoms with E-state index in [1.807, 2.05) is 13.0 Å². The number of thiocarbonyl (C=S) groups is 1. The van der Waals surface area contributed by atoms with Gasteiger partial charge >= 0.3 is 6.36 Å². The predicted octanol–water partition coefficient (Wildman–Crippen LogP) is 4.65. The number of hydrogen-bond donors (Lipinski definition) is 2. The third kappa shape index (κ3) is 6.21. The minimum atomic E-state index is -4.73. The fourth-order valence-corrected chi connectivity index (χ4v) is 2.65. The number of anilines is 1. The van der Waals surface area contributed by atoms with Crippen molar-refractivity contribution >= 4 is 23.0 Å². The van der Waals surface area contributed by atoms with Crippen LogP contribution >= 0.6 is 12.2 Å². The van der Waals surface area contributed by atoms with E-state index in [1.165, 1.54) is 24.3 Å². The first-order valence-electron chi connectivity index (χ1n) is 7.87. The fourth-order valence-electron chi connectivity index (χ4n) is 2.36. The number of rotatable bonds is 6. The zero-order chi connectivity index (χ0) is 20.0. The molecule has 2 rings (SSSR count). The molecule has 0 aliphatic heterocycles. The van der Waals surface area contributed by atoms with Crippen molar-refractivity contribution in [2.75, 3.05) is 19.5 Å². The molecule has 0 bridgehead atoms. The molecule has 5 nitrogen and oxygen atoms in total. The number of benzene rings is 2. The number of methoxy groups -OCH3 is 2. The van der Waals surface area contributed by atoms with Crippen molar-refractivity contribution in [3.8, 4) is 17.2 Å². The maximum atomic E-state index is 12.2. The largest absolute Gasteiger partial charge is 0.573 e. The van der Waals surface area contributed by atoms with E-state index in [0.29, 0.717) is 22.3 Å². The molecule has 9 heteroatoms. The maximum absolute atomic E-state index is 12.2. The number of hydrogen-bond acceptors (Lipinski definition) is 4. The summed E-state index contributed by atoms with van der Waals surface area (Å²) in [6, 6.07) is 10.5. The van der Waals surface area contributed by atoms with Crippen LogP contribution < -0.4 is 24.8 Å². The molecule has 0 saturated carbocycles. The molecule has 0 amide bonds. The average Bonchev–Trinajstić information content (AvgIpc) is 2.61. The SMILES string of the molecule is COc1ccc(OC)c([C@@H](C)NC(=S)Nc2ccc(OC(F)(F)F)cc2)c1. The smallest absolute Gasteiger partial charge is 0.497 e. The molecule has 0 aromatic heterocycles. The van der Waals surface area contributed by atoms with Gasteiger partial charge in [-0.25, -0.2) is 0 Å². The van der Waals surface area contributed by atoms with Crippen molar-refractivity contribution in [2.24, 2.45) is 0 Å². The van der Waals surface area contributed by atoms with Crippen LogP contribution in [0.3, 0.4) is 0 Å². The third-order valence-corrected chi connectivity index (χ3v) is 3.82. The Morgan fingerprint density at radius 2 is 1.63 bits per heavy atom. The third-order valence-electron chi connectivity index (χ3n) is 3.60. The molecule has 2 aromatic rings. The lowest BCUT2D eigenvalue weighted by Crippen LogP contribution is -2.31. The molecule has 0 heterocycles. The van der Waals surface area contributed by atoms with Crippen molar-refractivity contribution in [3.05, 3.63) is 48.0 Å². The van der Waals surface area contributed by atoms with Crippen molar-refractivity contribution in [3.63, 3.8) is 0 Å². The van der Waals surface area contributed by atoms with Gasteiger partial charge in [0.1, 0.15) is 17.2 Å². The second-order valence-corrected chi connectivity index (χ2v) is 5.91. The highest BCUT2D eigenvalue weighted by Crippen LogP contribution is 2.29. The summed E-state index contributed by atoms with van der Waals surface area (Å²) in [7, 11) is 3.14. The molecule has 0 radical (unpaired) electrons. The molecule has 0 aliphatic rings. The molecule has 0 saturated heterocycles. The zero-order valence-electron chi connectivity index (χ0n) is 14.9. The van der Waals surface area contributed by atoms with Crippen LogP contribution in [0.5, 0.6) is 17.2 Å². The van der Waals surface area contributed by atoms with E-state index in [9.17, 15) is 13.2 Å². The van der Waals surface area contributed by atoms with E-state index in [1.54, 1.807) is 26.4 Å². The van der Waals surface area contributed by atoms with Gasteiger partial charge < -0.3 is 24.8 Å². The van der Waals surface area contributed by atoms with Gasteiger partial charge in [-0.15, -0.1) is 13.2 Å². The molecule has 0 unspecified atom stereocenters. The summed E-state index contributed by atoms with van der Waals surface area (Å²) < 4.78 is 51.0. The van der Waals surface area contributed by atoms with E-state index < -0.39 is 6.36 Å². The van der Waals surface area contributed by atoms with Crippen LogP contribution in [0.4, 0.5) is 18.9 Å². The predicted molar refractivity (Wildman–Crippen MR) is 100 cm³/mol. The lowest BCUT2D eigenvalue weighted by molar-refractivity contribution is -0.274. The van der Waals surface area contributed by atoms with Gasteiger partial charge in [0.2, 0.25) is 0 Å². The standard InChI is InChI=1S/C18H19F3N2O3S/c1-11(15-10-14(24-2)8-9-16(15)25-3)22-17(27)23-12-4-6-13(7-5-12)26-18(19,20)21/h4-11H,1-3H3,(H2,22,23,27)/t11-/m1/s1. The number of halogens is 3. The topological polar surface area (TPSA) is 51.8 Å². The van der Waals surface area contributed by atoms with E-state index in [4.69, 9.17) is 21.7 Å². The number of alkyl halides is 3. The van der Waals surface area contributed by atoms with Crippen LogP contribution in [-0.4, -0.2) is 25.7 Å². The van der Waals surface area contributed by atoms with Crippen LogP contribution in [0.15, 0.2) is 42.5 Å². The number of ether oxygens (including phenoxy) is 3. The second kappa shape index (κ2) is 8.81. The van der Waals surface area contributed by atoms with Crippen LogP contribution in [0, 0.1) is 0 Å². The first kappa shape index (κ1) is 20.6. The molecule has 146 valence electrons. The average molecular weight is 400 g/mol. The van der Waals surface area contributed by atoms with Gasteiger partial charge in [-0.3, -0.25) is 0 Å². The summed E-state index contributed by atoms with van der Waals surface area (Å²) in [4.78, 5) is 0. The van der Waals surface area contributed by atoms with Crippen molar-refractivity contribution in [1.82, 2.24) is 5.32 Å². The van der Waals surface area contributed by atoms with Crippen LogP contribution in [0.25, 0.3) is 0 Å². The zero-order valence-corrected chi connectivity index (χ0v) is 15.7. The highest BCUT2D eigenvalue weighted by molar-refractivity contribution is 7.80. The van der Waals surface area contributed by atoms with Crippen molar-refractivity contribution in [2.45, 2.75) is 19.3 Å². The first-order chi connectivity index (χ1) is 12.7. The summed E-state index contributed by atoms with van der Waals surface area (Å²) in [5.74, 6) is 1.05. The molecule has 2 aromatic carbocycles. The monoisotopic (exact) mass is 400 g/mol. The van der Waals surface area contributed by atoms with E-state index in [-0.39, 0.29) is 11.8 Å². The Kier molecular flexibility index (Phi) is 6.73. The Hall–Kier alpha value is -2.68. The Balaban J connectivity index is 2.01. The minimum Gasteiger partial charge on any atom is -0.497 e. The minimum absolute atomic E-state index is 0.206. The lowest BCUT2D eigenvalue weighted by Gasteiger charge is -2.20. The van der Waals surface area contributed by atoms with Gasteiger partial charge in [-0.1, -0.05) is 0 Å². The Bertz CT molecular complexity index is 782. The van der Waals surface area contributed by atoms with Gasteiger partial charge in [0.15, 0.2) is 5.11 Å². The Morgan fingerprint density at radius 3 is 2.19 bits per heavy atom. The molecule has 0 spiro atoms.